The Balaban J connectivity index is 2.10. The molecule has 3 rings (SSSR count). The van der Waals surface area contributed by atoms with Crippen LogP contribution in [0.25, 0.3) is 16.9 Å². The summed E-state index contributed by atoms with van der Waals surface area (Å²) < 4.78 is 3.84. The third kappa shape index (κ3) is 3.08. The van der Waals surface area contributed by atoms with Crippen LogP contribution in [0.5, 0.6) is 0 Å². The summed E-state index contributed by atoms with van der Waals surface area (Å²) in [5.74, 6) is 0. The molecule has 0 atom stereocenters. The van der Waals surface area contributed by atoms with E-state index in [1.165, 1.54) is 0 Å². The van der Waals surface area contributed by atoms with Crippen molar-refractivity contribution in [1.82, 2.24) is 9.78 Å². The highest BCUT2D eigenvalue weighted by Gasteiger charge is 2.11. The lowest BCUT2D eigenvalue weighted by atomic mass is 10.1. The number of rotatable bonds is 3. The van der Waals surface area contributed by atoms with E-state index >= 15 is 0 Å². The zero-order chi connectivity index (χ0) is 14.8. The largest absolute Gasteiger partial charge is 0.298 e. The lowest BCUT2D eigenvalue weighted by Gasteiger charge is -2.01. The van der Waals surface area contributed by atoms with Crippen LogP contribution in [0.1, 0.15) is 10.4 Å². The molecule has 0 unspecified atom stereocenters. The van der Waals surface area contributed by atoms with Crippen molar-refractivity contribution in [2.45, 2.75) is 0 Å². The fourth-order valence-corrected chi connectivity index (χ4v) is 2.80. The van der Waals surface area contributed by atoms with Gasteiger partial charge in [-0.3, -0.25) is 4.79 Å². The van der Waals surface area contributed by atoms with Crippen LogP contribution in [-0.4, -0.2) is 16.1 Å². The fraction of sp³-hybridized carbons (Fsp3) is 0. The monoisotopic (exact) mass is 452 g/mol. The quantitative estimate of drug-likeness (QED) is 0.425. The summed E-state index contributed by atoms with van der Waals surface area (Å²) >= 11 is 5.69. The SMILES string of the molecule is O=Cc1cn(-c2cccc(Br)c2)nc1-c1ccc(I)cc1. The van der Waals surface area contributed by atoms with Crippen LogP contribution in [0.3, 0.4) is 0 Å². The van der Waals surface area contributed by atoms with Crippen molar-refractivity contribution in [2.75, 3.05) is 0 Å². The maximum Gasteiger partial charge on any atom is 0.153 e. The molecule has 21 heavy (non-hydrogen) atoms. The molecule has 0 saturated carbocycles. The smallest absolute Gasteiger partial charge is 0.153 e. The predicted molar refractivity (Wildman–Crippen MR) is 94.8 cm³/mol. The van der Waals surface area contributed by atoms with Crippen molar-refractivity contribution in [3.8, 4) is 16.9 Å². The number of carbonyl (C=O) groups excluding carboxylic acids is 1. The van der Waals surface area contributed by atoms with Gasteiger partial charge < -0.3 is 0 Å². The average Bonchev–Trinajstić information content (AvgIpc) is 2.92. The molecular weight excluding hydrogens is 443 g/mol. The molecule has 1 heterocycles. The van der Waals surface area contributed by atoms with Gasteiger partial charge in [-0.15, -0.1) is 0 Å². The van der Waals surface area contributed by atoms with Gasteiger partial charge in [-0.25, -0.2) is 4.68 Å². The molecule has 0 N–H and O–H groups in total. The van der Waals surface area contributed by atoms with E-state index in [1.807, 2.05) is 48.5 Å². The van der Waals surface area contributed by atoms with Crippen molar-refractivity contribution in [3.05, 3.63) is 68.3 Å². The first-order valence-electron chi connectivity index (χ1n) is 6.24. The summed E-state index contributed by atoms with van der Waals surface area (Å²) in [4.78, 5) is 11.3. The molecule has 5 heteroatoms. The van der Waals surface area contributed by atoms with Gasteiger partial charge in [-0.1, -0.05) is 34.1 Å². The molecule has 0 aliphatic rings. The molecule has 3 nitrogen and oxygen atoms in total. The Morgan fingerprint density at radius 3 is 2.57 bits per heavy atom. The van der Waals surface area contributed by atoms with Crippen molar-refractivity contribution in [1.29, 1.82) is 0 Å². The molecule has 0 saturated heterocycles. The van der Waals surface area contributed by atoms with E-state index in [0.29, 0.717) is 11.3 Å². The Kier molecular flexibility index (Phi) is 4.21. The molecule has 104 valence electrons. The first kappa shape index (κ1) is 14.5. The average molecular weight is 453 g/mol. The Hall–Kier alpha value is -1.47. The maximum atomic E-state index is 11.3. The first-order valence-corrected chi connectivity index (χ1v) is 8.11. The zero-order valence-electron chi connectivity index (χ0n) is 10.8. The highest BCUT2D eigenvalue weighted by Crippen LogP contribution is 2.24. The molecule has 0 fully saturated rings. The third-order valence-electron chi connectivity index (χ3n) is 3.06. The van der Waals surface area contributed by atoms with Gasteiger partial charge in [0.15, 0.2) is 6.29 Å². The number of halogens is 2. The van der Waals surface area contributed by atoms with Crippen molar-refractivity contribution in [3.63, 3.8) is 0 Å². The molecule has 0 bridgehead atoms. The summed E-state index contributed by atoms with van der Waals surface area (Å²) in [7, 11) is 0. The van der Waals surface area contributed by atoms with E-state index in [9.17, 15) is 4.79 Å². The Morgan fingerprint density at radius 1 is 1.14 bits per heavy atom. The minimum absolute atomic E-state index is 0.580. The summed E-state index contributed by atoms with van der Waals surface area (Å²) in [6, 6.07) is 15.7. The predicted octanol–water partition coefficient (Wildman–Crippen LogP) is 4.72. The maximum absolute atomic E-state index is 11.3. The van der Waals surface area contributed by atoms with E-state index < -0.39 is 0 Å². The minimum atomic E-state index is 0.580. The number of hydrogen-bond acceptors (Lipinski definition) is 2. The van der Waals surface area contributed by atoms with Gasteiger partial charge in [-0.05, 0) is 52.9 Å². The molecule has 0 aliphatic heterocycles. The van der Waals surface area contributed by atoms with Crippen molar-refractivity contribution in [2.24, 2.45) is 0 Å². The number of aldehydes is 1. The number of benzene rings is 2. The summed E-state index contributed by atoms with van der Waals surface area (Å²) in [6.45, 7) is 0. The van der Waals surface area contributed by atoms with Crippen LogP contribution in [0.15, 0.2) is 59.2 Å². The number of hydrogen-bond donors (Lipinski definition) is 0. The third-order valence-corrected chi connectivity index (χ3v) is 4.27. The number of aromatic nitrogens is 2. The number of carbonyl (C=O) groups is 1. The van der Waals surface area contributed by atoms with Gasteiger partial charge in [0.25, 0.3) is 0 Å². The molecule has 0 amide bonds. The first-order chi connectivity index (χ1) is 10.2. The second kappa shape index (κ2) is 6.11. The van der Waals surface area contributed by atoms with Gasteiger partial charge in [0.2, 0.25) is 0 Å². The second-order valence-corrected chi connectivity index (χ2v) is 6.64. The summed E-state index contributed by atoms with van der Waals surface area (Å²) in [5, 5.41) is 4.55. The Labute approximate surface area is 144 Å². The summed E-state index contributed by atoms with van der Waals surface area (Å²) in [5.41, 5.74) is 3.12. The molecule has 0 radical (unpaired) electrons. The standard InChI is InChI=1S/C16H10BrIN2O/c17-13-2-1-3-15(8-13)20-9-12(10-21)16(19-20)11-4-6-14(18)7-5-11/h1-10H. The Bertz CT molecular complexity index is 796. The van der Waals surface area contributed by atoms with Gasteiger partial charge >= 0.3 is 0 Å². The normalized spacial score (nSPS) is 10.6. The van der Waals surface area contributed by atoms with Gasteiger partial charge in [0, 0.05) is 19.8 Å². The van der Waals surface area contributed by atoms with Gasteiger partial charge in [-0.2, -0.15) is 5.10 Å². The van der Waals surface area contributed by atoms with Crippen molar-refractivity contribution >= 4 is 44.8 Å². The topological polar surface area (TPSA) is 34.9 Å². The van der Waals surface area contributed by atoms with Crippen LogP contribution in [0.2, 0.25) is 0 Å². The molecule has 1 aromatic heterocycles. The second-order valence-electron chi connectivity index (χ2n) is 4.48. The lowest BCUT2D eigenvalue weighted by molar-refractivity contribution is 0.112. The van der Waals surface area contributed by atoms with E-state index in [2.05, 4.69) is 43.6 Å². The highest BCUT2D eigenvalue weighted by molar-refractivity contribution is 14.1. The fourth-order valence-electron chi connectivity index (χ4n) is 2.06. The zero-order valence-corrected chi connectivity index (χ0v) is 14.6. The minimum Gasteiger partial charge on any atom is -0.298 e. The van der Waals surface area contributed by atoms with Crippen LogP contribution in [0, 0.1) is 3.57 Å². The van der Waals surface area contributed by atoms with E-state index in [4.69, 9.17) is 0 Å². The molecule has 0 aliphatic carbocycles. The molecular formula is C16H10BrIN2O. The number of nitrogens with zero attached hydrogens (tertiary/aromatic N) is 2. The van der Waals surface area contributed by atoms with Crippen LogP contribution < -0.4 is 0 Å². The lowest BCUT2D eigenvalue weighted by Crippen LogP contribution is -1.94. The van der Waals surface area contributed by atoms with E-state index in [0.717, 1.165) is 25.6 Å². The van der Waals surface area contributed by atoms with E-state index in [1.54, 1.807) is 10.9 Å². The van der Waals surface area contributed by atoms with Crippen LogP contribution in [0.4, 0.5) is 0 Å². The van der Waals surface area contributed by atoms with E-state index in [-0.39, 0.29) is 0 Å². The molecule has 2 aromatic carbocycles. The highest BCUT2D eigenvalue weighted by atomic mass is 127. The van der Waals surface area contributed by atoms with Gasteiger partial charge in [0.05, 0.1) is 11.3 Å². The Morgan fingerprint density at radius 2 is 1.90 bits per heavy atom. The van der Waals surface area contributed by atoms with Gasteiger partial charge in [0.1, 0.15) is 5.69 Å². The van der Waals surface area contributed by atoms with Crippen LogP contribution in [-0.2, 0) is 0 Å². The van der Waals surface area contributed by atoms with Crippen molar-refractivity contribution < 1.29 is 4.79 Å². The van der Waals surface area contributed by atoms with Crippen LogP contribution >= 0.6 is 38.5 Å². The molecule has 3 aromatic rings. The molecule has 0 spiro atoms. The summed E-state index contributed by atoms with van der Waals surface area (Å²) in [6.07, 6.45) is 2.59.